The number of rotatable bonds is 6. The minimum Gasteiger partial charge on any atom is -0.493 e. The molecule has 3 saturated heterocycles. The smallest absolute Gasteiger partial charge is 0.417 e. The molecule has 3 fully saturated rings. The molecule has 38 heavy (non-hydrogen) atoms. The molecular formula is C27H23F3N2O6. The average Bonchev–Trinajstić information content (AvgIpc) is 3.47. The Kier molecular flexibility index (Phi) is 5.98. The molecule has 198 valence electrons. The first-order valence-electron chi connectivity index (χ1n) is 11.9. The highest BCUT2D eigenvalue weighted by atomic mass is 19.4. The van der Waals surface area contributed by atoms with E-state index in [0.717, 1.165) is 11.0 Å². The van der Waals surface area contributed by atoms with Gasteiger partial charge < -0.3 is 14.2 Å². The van der Waals surface area contributed by atoms with Gasteiger partial charge in [0.2, 0.25) is 11.8 Å². The summed E-state index contributed by atoms with van der Waals surface area (Å²) in [4.78, 5) is 39.5. The number of carbonyl (C=O) groups is 3. The molecule has 4 atom stereocenters. The summed E-state index contributed by atoms with van der Waals surface area (Å²) < 4.78 is 57.5. The Bertz CT molecular complexity index is 1370. The van der Waals surface area contributed by atoms with Crippen molar-refractivity contribution >= 4 is 23.5 Å². The van der Waals surface area contributed by atoms with Gasteiger partial charge >= 0.3 is 12.1 Å². The zero-order valence-electron chi connectivity index (χ0n) is 20.5. The lowest BCUT2D eigenvalue weighted by Crippen LogP contribution is -2.43. The lowest BCUT2D eigenvalue weighted by Gasteiger charge is -2.31. The molecule has 2 aromatic carbocycles. The highest BCUT2D eigenvalue weighted by molar-refractivity contribution is 6.23. The number of imide groups is 1. The number of hydrogen-bond acceptors (Lipinski definition) is 7. The van der Waals surface area contributed by atoms with Crippen molar-refractivity contribution in [2.75, 3.05) is 18.6 Å². The van der Waals surface area contributed by atoms with Crippen LogP contribution in [-0.2, 0) is 25.2 Å². The number of esters is 1. The van der Waals surface area contributed by atoms with E-state index in [1.807, 2.05) is 0 Å². The third-order valence-corrected chi connectivity index (χ3v) is 7.77. The minimum atomic E-state index is -4.83. The Morgan fingerprint density at radius 3 is 2.45 bits per heavy atom. The summed E-state index contributed by atoms with van der Waals surface area (Å²) >= 11 is 0. The third kappa shape index (κ3) is 3.91. The van der Waals surface area contributed by atoms with Crippen LogP contribution >= 0.6 is 0 Å². The molecule has 0 saturated carbocycles. The van der Waals surface area contributed by atoms with Crippen LogP contribution < -0.4 is 9.64 Å². The molecule has 8 nitrogen and oxygen atoms in total. The van der Waals surface area contributed by atoms with E-state index in [2.05, 4.69) is 4.74 Å². The number of carbonyl (C=O) groups excluding carboxylic acids is 3. The quantitative estimate of drug-likeness (QED) is 0.408. The number of halogens is 3. The second-order valence-electron chi connectivity index (χ2n) is 9.90. The Balaban J connectivity index is 1.38. The van der Waals surface area contributed by atoms with Gasteiger partial charge in [0.25, 0.3) is 0 Å². The predicted molar refractivity (Wildman–Crippen MR) is 125 cm³/mol. The Hall–Kier alpha value is -3.91. The molecule has 11 heteroatoms. The van der Waals surface area contributed by atoms with E-state index in [9.17, 15) is 27.6 Å². The van der Waals surface area contributed by atoms with Crippen molar-refractivity contribution in [1.29, 1.82) is 5.26 Å². The number of ether oxygens (including phenoxy) is 3. The van der Waals surface area contributed by atoms with Gasteiger partial charge in [-0.15, -0.1) is 0 Å². The van der Waals surface area contributed by atoms with E-state index in [1.165, 1.54) is 19.2 Å². The molecule has 3 heterocycles. The number of hydrogen-bond donors (Lipinski definition) is 0. The first-order chi connectivity index (χ1) is 17.9. The number of nitriles is 1. The van der Waals surface area contributed by atoms with Crippen molar-refractivity contribution in [2.45, 2.75) is 43.6 Å². The molecular weight excluding hydrogens is 505 g/mol. The maximum absolute atomic E-state index is 13.6. The zero-order valence-corrected chi connectivity index (χ0v) is 20.5. The van der Waals surface area contributed by atoms with E-state index < -0.39 is 58.1 Å². The maximum atomic E-state index is 13.6. The molecule has 0 unspecified atom stereocenters. The summed E-state index contributed by atoms with van der Waals surface area (Å²) in [6, 6.07) is 10.6. The summed E-state index contributed by atoms with van der Waals surface area (Å²) in [6.45, 7) is 1.90. The van der Waals surface area contributed by atoms with Crippen molar-refractivity contribution in [3.8, 4) is 11.8 Å². The van der Waals surface area contributed by atoms with Gasteiger partial charge in [0.05, 0.1) is 65.2 Å². The van der Waals surface area contributed by atoms with Crippen LogP contribution in [0.2, 0.25) is 0 Å². The number of fused-ring (bicyclic) bond motifs is 5. The number of anilines is 1. The maximum Gasteiger partial charge on any atom is 0.417 e. The topological polar surface area (TPSA) is 106 Å². The third-order valence-electron chi connectivity index (χ3n) is 7.77. The summed E-state index contributed by atoms with van der Waals surface area (Å²) in [5, 5.41) is 9.09. The van der Waals surface area contributed by atoms with Gasteiger partial charge in [-0.2, -0.15) is 18.4 Å². The fourth-order valence-electron chi connectivity index (χ4n) is 6.01. The standard InChI is InChI=1S/C27H23F3N2O6/c1-25-9-10-26(38-25,11-12-37-18-7-4-15(5-8-18)24(35)36-2)21-20(25)22(33)32(23(21)34)17-6-3-16(14-31)19(13-17)27(28,29)30/h3-8,13,20-21H,9-12H2,1-2H3/t20-,21+,25-,26-/m1/s1. The van der Waals surface area contributed by atoms with Crippen LogP contribution in [-0.4, -0.2) is 42.7 Å². The SMILES string of the molecule is COC(=O)c1ccc(OCC[C@@]23CC[C@@](C)(O2)[C@H]2C(=O)N(c4ccc(C#N)c(C(F)(F)F)c4)C(=O)[C@H]23)cc1. The van der Waals surface area contributed by atoms with Crippen LogP contribution in [0.25, 0.3) is 0 Å². The number of benzene rings is 2. The largest absolute Gasteiger partial charge is 0.493 e. The minimum absolute atomic E-state index is 0.146. The van der Waals surface area contributed by atoms with Crippen LogP contribution in [0, 0.1) is 23.2 Å². The summed E-state index contributed by atoms with van der Waals surface area (Å²) in [7, 11) is 1.28. The van der Waals surface area contributed by atoms with Crippen molar-refractivity contribution in [3.63, 3.8) is 0 Å². The van der Waals surface area contributed by atoms with E-state index in [-0.39, 0.29) is 18.7 Å². The van der Waals surface area contributed by atoms with Crippen LogP contribution in [0.3, 0.4) is 0 Å². The second kappa shape index (κ2) is 8.84. The van der Waals surface area contributed by atoms with Crippen molar-refractivity contribution in [2.24, 2.45) is 11.8 Å². The van der Waals surface area contributed by atoms with Crippen molar-refractivity contribution < 1.29 is 41.8 Å². The number of methoxy groups -OCH3 is 1. The summed E-state index contributed by atoms with van der Waals surface area (Å²) in [5.41, 5.74) is -3.61. The Labute approximate surface area is 215 Å². The van der Waals surface area contributed by atoms with Gasteiger partial charge in [0, 0.05) is 6.42 Å². The zero-order chi connectivity index (χ0) is 27.5. The van der Waals surface area contributed by atoms with Crippen LogP contribution in [0.1, 0.15) is 47.7 Å². The van der Waals surface area contributed by atoms with Gasteiger partial charge in [-0.25, -0.2) is 9.69 Å². The highest BCUT2D eigenvalue weighted by Crippen LogP contribution is 2.62. The number of nitrogens with zero attached hydrogens (tertiary/aromatic N) is 2. The van der Waals surface area contributed by atoms with Crippen molar-refractivity contribution in [3.05, 3.63) is 59.2 Å². The monoisotopic (exact) mass is 528 g/mol. The van der Waals surface area contributed by atoms with Gasteiger partial charge in [-0.3, -0.25) is 9.59 Å². The van der Waals surface area contributed by atoms with Crippen LogP contribution in [0.15, 0.2) is 42.5 Å². The number of amides is 2. The van der Waals surface area contributed by atoms with E-state index >= 15 is 0 Å². The Morgan fingerprint density at radius 1 is 1.13 bits per heavy atom. The molecule has 0 aliphatic carbocycles. The first-order valence-corrected chi connectivity index (χ1v) is 11.9. The molecule has 3 aliphatic heterocycles. The fraction of sp³-hybridized carbons (Fsp3) is 0.407. The van der Waals surface area contributed by atoms with Gasteiger partial charge in [0.1, 0.15) is 5.75 Å². The first kappa shape index (κ1) is 25.7. The van der Waals surface area contributed by atoms with Gasteiger partial charge in [0.15, 0.2) is 0 Å². The summed E-state index contributed by atoms with van der Waals surface area (Å²) in [6.07, 6.45) is -3.56. The fourth-order valence-corrected chi connectivity index (χ4v) is 6.01. The molecule has 0 aromatic heterocycles. The molecule has 5 rings (SSSR count). The van der Waals surface area contributed by atoms with Crippen LogP contribution in [0.5, 0.6) is 5.75 Å². The summed E-state index contributed by atoms with van der Waals surface area (Å²) in [5.74, 6) is -2.94. The highest BCUT2D eigenvalue weighted by Gasteiger charge is 2.73. The lowest BCUT2D eigenvalue weighted by atomic mass is 9.67. The molecule has 0 spiro atoms. The Morgan fingerprint density at radius 2 is 1.82 bits per heavy atom. The normalized spacial score (nSPS) is 27.8. The van der Waals surface area contributed by atoms with E-state index in [1.54, 1.807) is 31.2 Å². The molecule has 3 aliphatic rings. The van der Waals surface area contributed by atoms with E-state index in [0.29, 0.717) is 30.2 Å². The molecule has 0 N–H and O–H groups in total. The van der Waals surface area contributed by atoms with Gasteiger partial charge in [-0.1, -0.05) is 0 Å². The molecule has 2 aromatic rings. The van der Waals surface area contributed by atoms with E-state index in [4.69, 9.17) is 14.7 Å². The second-order valence-corrected chi connectivity index (χ2v) is 9.90. The molecule has 0 radical (unpaired) electrons. The van der Waals surface area contributed by atoms with Crippen molar-refractivity contribution in [1.82, 2.24) is 0 Å². The van der Waals surface area contributed by atoms with Crippen LogP contribution in [0.4, 0.5) is 18.9 Å². The molecule has 2 bridgehead atoms. The predicted octanol–water partition coefficient (Wildman–Crippen LogP) is 4.26. The average molecular weight is 528 g/mol. The molecule has 2 amide bonds. The lowest BCUT2D eigenvalue weighted by molar-refractivity contribution is -0.138. The number of alkyl halides is 3. The van der Waals surface area contributed by atoms with Gasteiger partial charge in [-0.05, 0) is 62.2 Å².